The van der Waals surface area contributed by atoms with Gasteiger partial charge in [0.05, 0.1) is 11.4 Å². The van der Waals surface area contributed by atoms with Crippen LogP contribution >= 0.6 is 11.8 Å². The van der Waals surface area contributed by atoms with Gasteiger partial charge in [0, 0.05) is 24.4 Å². The second-order valence-electron chi connectivity index (χ2n) is 5.63. The number of carbonyl (C=O) groups excluding carboxylic acids is 1. The number of aryl methyl sites for hydroxylation is 2. The van der Waals surface area contributed by atoms with Crippen molar-refractivity contribution >= 4 is 17.7 Å². The quantitative estimate of drug-likeness (QED) is 0.869. The SMILES string of the molecule is Cc1noc(C)c1CSCC(=O)N1CCc2ccccc2C1. The third kappa shape index (κ3) is 3.19. The second-order valence-corrected chi connectivity index (χ2v) is 6.62. The van der Waals surface area contributed by atoms with Crippen LogP contribution < -0.4 is 0 Å². The molecule has 0 saturated carbocycles. The summed E-state index contributed by atoms with van der Waals surface area (Å²) in [6.45, 7) is 5.41. The highest BCUT2D eigenvalue weighted by Crippen LogP contribution is 2.22. The van der Waals surface area contributed by atoms with E-state index in [-0.39, 0.29) is 5.91 Å². The summed E-state index contributed by atoms with van der Waals surface area (Å²) >= 11 is 1.63. The molecule has 0 N–H and O–H groups in total. The molecule has 1 aromatic carbocycles. The van der Waals surface area contributed by atoms with Crippen LogP contribution in [-0.2, 0) is 23.5 Å². The smallest absolute Gasteiger partial charge is 0.232 e. The molecule has 1 aliphatic heterocycles. The fourth-order valence-corrected chi connectivity index (χ4v) is 3.82. The first-order chi connectivity index (χ1) is 10.6. The molecule has 22 heavy (non-hydrogen) atoms. The number of benzene rings is 1. The van der Waals surface area contributed by atoms with Crippen LogP contribution in [-0.4, -0.2) is 28.3 Å². The monoisotopic (exact) mass is 316 g/mol. The van der Waals surface area contributed by atoms with Gasteiger partial charge in [0.15, 0.2) is 0 Å². The van der Waals surface area contributed by atoms with Crippen LogP contribution in [0, 0.1) is 13.8 Å². The van der Waals surface area contributed by atoms with Crippen molar-refractivity contribution in [3.05, 3.63) is 52.4 Å². The van der Waals surface area contributed by atoms with E-state index in [2.05, 4.69) is 23.4 Å². The number of fused-ring (bicyclic) bond motifs is 1. The van der Waals surface area contributed by atoms with Gasteiger partial charge in [-0.2, -0.15) is 0 Å². The molecule has 1 amide bonds. The van der Waals surface area contributed by atoms with Crippen LogP contribution in [0.2, 0.25) is 0 Å². The maximum atomic E-state index is 12.4. The Morgan fingerprint density at radius 2 is 2.09 bits per heavy atom. The summed E-state index contributed by atoms with van der Waals surface area (Å²) in [4.78, 5) is 14.3. The molecule has 0 atom stereocenters. The highest BCUT2D eigenvalue weighted by atomic mass is 32.2. The summed E-state index contributed by atoms with van der Waals surface area (Å²) < 4.78 is 5.15. The van der Waals surface area contributed by atoms with Gasteiger partial charge in [-0.25, -0.2) is 0 Å². The molecule has 5 heteroatoms. The van der Waals surface area contributed by atoms with E-state index in [9.17, 15) is 4.79 Å². The number of thioether (sulfide) groups is 1. The zero-order valence-corrected chi connectivity index (χ0v) is 13.8. The molecule has 1 aliphatic rings. The number of rotatable bonds is 4. The van der Waals surface area contributed by atoms with Gasteiger partial charge in [-0.3, -0.25) is 4.79 Å². The third-order valence-electron chi connectivity index (χ3n) is 4.14. The fourth-order valence-electron chi connectivity index (χ4n) is 2.75. The lowest BCUT2D eigenvalue weighted by atomic mass is 10.00. The molecule has 3 rings (SSSR count). The first kappa shape index (κ1) is 15.2. The summed E-state index contributed by atoms with van der Waals surface area (Å²) in [6.07, 6.45) is 0.955. The van der Waals surface area contributed by atoms with Gasteiger partial charge in [0.1, 0.15) is 5.76 Å². The van der Waals surface area contributed by atoms with E-state index in [1.54, 1.807) is 11.8 Å². The number of hydrogen-bond acceptors (Lipinski definition) is 4. The summed E-state index contributed by atoms with van der Waals surface area (Å²) in [5.41, 5.74) is 4.68. The average Bonchev–Trinajstić information content (AvgIpc) is 2.86. The van der Waals surface area contributed by atoms with Crippen LogP contribution in [0.4, 0.5) is 0 Å². The summed E-state index contributed by atoms with van der Waals surface area (Å²) in [5.74, 6) is 2.35. The van der Waals surface area contributed by atoms with Crippen LogP contribution in [0.3, 0.4) is 0 Å². The Hall–Kier alpha value is -1.75. The molecular weight excluding hydrogens is 296 g/mol. The van der Waals surface area contributed by atoms with Gasteiger partial charge >= 0.3 is 0 Å². The minimum absolute atomic E-state index is 0.214. The molecule has 0 fully saturated rings. The molecule has 0 aliphatic carbocycles. The van der Waals surface area contributed by atoms with E-state index in [0.717, 1.165) is 42.3 Å². The normalized spacial score (nSPS) is 14.0. The van der Waals surface area contributed by atoms with E-state index >= 15 is 0 Å². The van der Waals surface area contributed by atoms with Gasteiger partial charge in [0.25, 0.3) is 0 Å². The van der Waals surface area contributed by atoms with Crippen LogP contribution in [0.1, 0.15) is 28.1 Å². The van der Waals surface area contributed by atoms with E-state index in [4.69, 9.17) is 4.52 Å². The van der Waals surface area contributed by atoms with Crippen molar-refractivity contribution in [2.75, 3.05) is 12.3 Å². The lowest BCUT2D eigenvalue weighted by Crippen LogP contribution is -2.37. The van der Waals surface area contributed by atoms with Gasteiger partial charge in [-0.1, -0.05) is 29.4 Å². The fraction of sp³-hybridized carbons (Fsp3) is 0.412. The lowest BCUT2D eigenvalue weighted by Gasteiger charge is -2.28. The van der Waals surface area contributed by atoms with Crippen molar-refractivity contribution < 1.29 is 9.32 Å². The number of nitrogens with zero attached hydrogens (tertiary/aromatic N) is 2. The largest absolute Gasteiger partial charge is 0.361 e. The van der Waals surface area contributed by atoms with Crippen molar-refractivity contribution in [2.45, 2.75) is 32.6 Å². The molecule has 0 bridgehead atoms. The molecule has 116 valence electrons. The highest BCUT2D eigenvalue weighted by Gasteiger charge is 2.20. The molecule has 0 spiro atoms. The van der Waals surface area contributed by atoms with Gasteiger partial charge in [-0.15, -0.1) is 11.8 Å². The van der Waals surface area contributed by atoms with E-state index < -0.39 is 0 Å². The molecule has 0 radical (unpaired) electrons. The molecular formula is C17H20N2O2S. The van der Waals surface area contributed by atoms with E-state index in [1.807, 2.05) is 24.8 Å². The minimum Gasteiger partial charge on any atom is -0.361 e. The van der Waals surface area contributed by atoms with Gasteiger partial charge in [-0.05, 0) is 31.4 Å². The van der Waals surface area contributed by atoms with Crippen LogP contribution in [0.25, 0.3) is 0 Å². The Morgan fingerprint density at radius 3 is 2.82 bits per heavy atom. The number of amides is 1. The standard InChI is InChI=1S/C17H20N2O2S/c1-12-16(13(2)21-18-12)10-22-11-17(20)19-8-7-14-5-3-4-6-15(14)9-19/h3-6H,7-11H2,1-2H3. The van der Waals surface area contributed by atoms with Crippen molar-refractivity contribution in [2.24, 2.45) is 0 Å². The number of carbonyl (C=O) groups is 1. The first-order valence-electron chi connectivity index (χ1n) is 7.49. The molecule has 2 heterocycles. The zero-order chi connectivity index (χ0) is 15.5. The number of hydrogen-bond donors (Lipinski definition) is 0. The van der Waals surface area contributed by atoms with E-state index in [1.165, 1.54) is 11.1 Å². The first-order valence-corrected chi connectivity index (χ1v) is 8.64. The average molecular weight is 316 g/mol. The highest BCUT2D eigenvalue weighted by molar-refractivity contribution is 7.99. The van der Waals surface area contributed by atoms with Crippen molar-refractivity contribution in [3.8, 4) is 0 Å². The van der Waals surface area contributed by atoms with Gasteiger partial charge in [0.2, 0.25) is 5.91 Å². The molecule has 4 nitrogen and oxygen atoms in total. The summed E-state index contributed by atoms with van der Waals surface area (Å²) in [7, 11) is 0. The van der Waals surface area contributed by atoms with Crippen LogP contribution in [0.5, 0.6) is 0 Å². The van der Waals surface area contributed by atoms with Gasteiger partial charge < -0.3 is 9.42 Å². The Balaban J connectivity index is 1.53. The Bertz CT molecular complexity index is 662. The zero-order valence-electron chi connectivity index (χ0n) is 13.0. The molecule has 2 aromatic rings. The molecule has 0 saturated heterocycles. The number of aromatic nitrogens is 1. The van der Waals surface area contributed by atoms with Crippen molar-refractivity contribution in [3.63, 3.8) is 0 Å². The second kappa shape index (κ2) is 6.57. The minimum atomic E-state index is 0.214. The molecule has 0 unspecified atom stereocenters. The van der Waals surface area contributed by atoms with Crippen LogP contribution in [0.15, 0.2) is 28.8 Å². The van der Waals surface area contributed by atoms with Crippen molar-refractivity contribution in [1.29, 1.82) is 0 Å². The summed E-state index contributed by atoms with van der Waals surface area (Å²) in [5, 5.41) is 3.95. The Kier molecular flexibility index (Phi) is 4.52. The van der Waals surface area contributed by atoms with E-state index in [0.29, 0.717) is 5.75 Å². The topological polar surface area (TPSA) is 46.3 Å². The molecule has 1 aromatic heterocycles. The third-order valence-corrected chi connectivity index (χ3v) is 5.08. The summed E-state index contributed by atoms with van der Waals surface area (Å²) in [6, 6.07) is 8.38. The Labute approximate surface area is 134 Å². The van der Waals surface area contributed by atoms with Crippen molar-refractivity contribution in [1.82, 2.24) is 10.1 Å². The maximum Gasteiger partial charge on any atom is 0.232 e. The predicted octanol–water partition coefficient (Wildman–Crippen LogP) is 3.11. The maximum absolute atomic E-state index is 12.4. The lowest BCUT2D eigenvalue weighted by molar-refractivity contribution is -0.129. The predicted molar refractivity (Wildman–Crippen MR) is 87.7 cm³/mol. The Morgan fingerprint density at radius 1 is 1.32 bits per heavy atom.